The quantitative estimate of drug-likeness (QED) is 0.630. The van der Waals surface area contributed by atoms with Crippen LogP contribution in [0.5, 0.6) is 11.5 Å². The highest BCUT2D eigenvalue weighted by Crippen LogP contribution is 2.34. The van der Waals surface area contributed by atoms with Crippen molar-refractivity contribution in [2.24, 2.45) is 0 Å². The van der Waals surface area contributed by atoms with Crippen LogP contribution in [0.25, 0.3) is 0 Å². The maximum atomic E-state index is 6.19. The Morgan fingerprint density at radius 3 is 2.81 bits per heavy atom. The summed E-state index contributed by atoms with van der Waals surface area (Å²) in [6.07, 6.45) is 2.61. The summed E-state index contributed by atoms with van der Waals surface area (Å²) >= 11 is 9.82. The molecular formula is C20H23BrClNO3. The van der Waals surface area contributed by atoms with Gasteiger partial charge in [-0.1, -0.05) is 45.7 Å². The first-order chi connectivity index (χ1) is 12.7. The number of ether oxygens (including phenoxy) is 3. The van der Waals surface area contributed by atoms with Crippen molar-refractivity contribution in [3.8, 4) is 11.5 Å². The molecule has 1 aliphatic rings. The smallest absolute Gasteiger partial charge is 0.162 e. The fraction of sp³-hybridized carbons (Fsp3) is 0.400. The molecule has 2 aromatic rings. The van der Waals surface area contributed by atoms with Crippen molar-refractivity contribution >= 4 is 27.5 Å². The number of benzene rings is 2. The summed E-state index contributed by atoms with van der Waals surface area (Å²) in [5.74, 6) is 1.39. The van der Waals surface area contributed by atoms with E-state index in [1.807, 2.05) is 36.4 Å². The first-order valence-electron chi connectivity index (χ1n) is 8.72. The zero-order valence-corrected chi connectivity index (χ0v) is 17.1. The van der Waals surface area contributed by atoms with Gasteiger partial charge in [0, 0.05) is 34.8 Å². The van der Waals surface area contributed by atoms with Crippen LogP contribution in [0.2, 0.25) is 5.02 Å². The van der Waals surface area contributed by atoms with Crippen LogP contribution in [0.1, 0.15) is 24.0 Å². The number of hydrogen-bond acceptors (Lipinski definition) is 4. The molecule has 0 amide bonds. The molecule has 1 aliphatic heterocycles. The molecule has 1 N–H and O–H groups in total. The van der Waals surface area contributed by atoms with E-state index < -0.39 is 0 Å². The van der Waals surface area contributed by atoms with Gasteiger partial charge in [-0.15, -0.1) is 0 Å². The van der Waals surface area contributed by atoms with E-state index in [0.717, 1.165) is 48.1 Å². The van der Waals surface area contributed by atoms with Crippen LogP contribution in [0.3, 0.4) is 0 Å². The van der Waals surface area contributed by atoms with Crippen molar-refractivity contribution in [3.63, 3.8) is 0 Å². The minimum atomic E-state index is 0.328. The Labute approximate surface area is 167 Å². The minimum Gasteiger partial charge on any atom is -0.493 e. The molecule has 0 bridgehead atoms. The Kier molecular flexibility index (Phi) is 7.20. The highest BCUT2D eigenvalue weighted by Gasteiger charge is 2.16. The molecule has 0 spiro atoms. The molecule has 0 aromatic heterocycles. The number of methoxy groups -OCH3 is 1. The van der Waals surface area contributed by atoms with Gasteiger partial charge >= 0.3 is 0 Å². The van der Waals surface area contributed by atoms with E-state index in [1.165, 1.54) is 0 Å². The molecule has 140 valence electrons. The third kappa shape index (κ3) is 5.13. The second-order valence-electron chi connectivity index (χ2n) is 6.24. The van der Waals surface area contributed by atoms with Crippen LogP contribution in [0, 0.1) is 0 Å². The fourth-order valence-electron chi connectivity index (χ4n) is 2.93. The molecule has 2 aromatic carbocycles. The predicted molar refractivity (Wildman–Crippen MR) is 107 cm³/mol. The van der Waals surface area contributed by atoms with Gasteiger partial charge in [-0.05, 0) is 36.6 Å². The maximum absolute atomic E-state index is 6.19. The van der Waals surface area contributed by atoms with Crippen molar-refractivity contribution in [2.45, 2.75) is 32.1 Å². The normalized spacial score (nSPS) is 16.7. The fourth-order valence-corrected chi connectivity index (χ4v) is 3.58. The molecule has 3 rings (SSSR count). The zero-order valence-electron chi connectivity index (χ0n) is 14.8. The lowest BCUT2D eigenvalue weighted by Crippen LogP contribution is -2.25. The monoisotopic (exact) mass is 439 g/mol. The Balaban J connectivity index is 1.63. The molecular weight excluding hydrogens is 418 g/mol. The van der Waals surface area contributed by atoms with Crippen molar-refractivity contribution in [2.75, 3.05) is 20.3 Å². The van der Waals surface area contributed by atoms with E-state index in [0.29, 0.717) is 29.2 Å². The molecule has 0 saturated carbocycles. The van der Waals surface area contributed by atoms with Crippen LogP contribution in [0.4, 0.5) is 0 Å². The highest BCUT2D eigenvalue weighted by molar-refractivity contribution is 9.10. The molecule has 1 unspecified atom stereocenters. The summed E-state index contributed by atoms with van der Waals surface area (Å²) in [5.41, 5.74) is 2.06. The average Bonchev–Trinajstić information content (AvgIpc) is 3.16. The van der Waals surface area contributed by atoms with Gasteiger partial charge in [0.2, 0.25) is 0 Å². The molecule has 1 saturated heterocycles. The van der Waals surface area contributed by atoms with Crippen LogP contribution < -0.4 is 14.8 Å². The van der Waals surface area contributed by atoms with E-state index in [1.54, 1.807) is 7.11 Å². The van der Waals surface area contributed by atoms with Crippen molar-refractivity contribution in [1.82, 2.24) is 5.32 Å². The van der Waals surface area contributed by atoms with Crippen LogP contribution in [-0.4, -0.2) is 26.4 Å². The minimum absolute atomic E-state index is 0.328. The molecule has 6 heteroatoms. The van der Waals surface area contributed by atoms with Gasteiger partial charge in [0.1, 0.15) is 6.61 Å². The topological polar surface area (TPSA) is 39.7 Å². The van der Waals surface area contributed by atoms with E-state index in [2.05, 4.69) is 21.2 Å². The van der Waals surface area contributed by atoms with Gasteiger partial charge in [0.25, 0.3) is 0 Å². The predicted octanol–water partition coefficient (Wildman–Crippen LogP) is 4.96. The summed E-state index contributed by atoms with van der Waals surface area (Å²) in [5, 5.41) is 4.15. The van der Waals surface area contributed by atoms with Gasteiger partial charge in [-0.25, -0.2) is 0 Å². The second-order valence-corrected chi connectivity index (χ2v) is 7.50. The maximum Gasteiger partial charge on any atom is 0.162 e. The van der Waals surface area contributed by atoms with E-state index in [9.17, 15) is 0 Å². The number of halogens is 2. The van der Waals surface area contributed by atoms with Crippen molar-refractivity contribution < 1.29 is 14.2 Å². The third-order valence-corrected chi connectivity index (χ3v) is 5.49. The molecule has 26 heavy (non-hydrogen) atoms. The lowest BCUT2D eigenvalue weighted by molar-refractivity contribution is 0.110. The van der Waals surface area contributed by atoms with Gasteiger partial charge in [0.15, 0.2) is 11.5 Å². The summed E-state index contributed by atoms with van der Waals surface area (Å²) in [6, 6.07) is 11.6. The Hall–Kier alpha value is -1.27. The van der Waals surface area contributed by atoms with Gasteiger partial charge in [-0.2, -0.15) is 0 Å². The lowest BCUT2D eigenvalue weighted by atomic mass is 10.2. The first kappa shape index (κ1) is 19.5. The summed E-state index contributed by atoms with van der Waals surface area (Å²) in [4.78, 5) is 0. The largest absolute Gasteiger partial charge is 0.493 e. The van der Waals surface area contributed by atoms with Crippen molar-refractivity contribution in [1.29, 1.82) is 0 Å². The highest BCUT2D eigenvalue weighted by atomic mass is 79.9. The molecule has 1 atom stereocenters. The summed E-state index contributed by atoms with van der Waals surface area (Å²) in [6.45, 7) is 2.86. The summed E-state index contributed by atoms with van der Waals surface area (Å²) in [7, 11) is 1.65. The van der Waals surface area contributed by atoms with Gasteiger partial charge < -0.3 is 19.5 Å². The van der Waals surface area contributed by atoms with Crippen LogP contribution in [-0.2, 0) is 17.9 Å². The molecule has 1 heterocycles. The van der Waals surface area contributed by atoms with E-state index >= 15 is 0 Å². The molecule has 0 radical (unpaired) electrons. The standard InChI is InChI=1S/C20H23BrClNO3/c1-24-19-9-15(11-23-12-16-6-4-8-25-16)17(21)10-20(19)26-13-14-5-2-3-7-18(14)22/h2-3,5,7,9-10,16,23H,4,6,8,11-13H2,1H3. The second kappa shape index (κ2) is 9.60. The Morgan fingerprint density at radius 2 is 2.08 bits per heavy atom. The lowest BCUT2D eigenvalue weighted by Gasteiger charge is -2.16. The average molecular weight is 441 g/mol. The first-order valence-corrected chi connectivity index (χ1v) is 9.89. The van der Waals surface area contributed by atoms with Crippen LogP contribution in [0.15, 0.2) is 40.9 Å². The zero-order chi connectivity index (χ0) is 18.4. The molecule has 1 fully saturated rings. The van der Waals surface area contributed by atoms with Crippen LogP contribution >= 0.6 is 27.5 Å². The van der Waals surface area contributed by atoms with E-state index in [-0.39, 0.29) is 0 Å². The van der Waals surface area contributed by atoms with Gasteiger partial charge in [-0.3, -0.25) is 0 Å². The van der Waals surface area contributed by atoms with Crippen molar-refractivity contribution in [3.05, 3.63) is 57.0 Å². The number of hydrogen-bond donors (Lipinski definition) is 1. The number of rotatable bonds is 8. The molecule has 4 nitrogen and oxygen atoms in total. The molecule has 0 aliphatic carbocycles. The van der Waals surface area contributed by atoms with E-state index in [4.69, 9.17) is 25.8 Å². The SMILES string of the molecule is COc1cc(CNCC2CCCO2)c(Br)cc1OCc1ccccc1Cl. The summed E-state index contributed by atoms with van der Waals surface area (Å²) < 4.78 is 18.1. The number of nitrogens with one attached hydrogen (secondary N) is 1. The Bertz CT molecular complexity index is 735. The Morgan fingerprint density at radius 1 is 1.23 bits per heavy atom. The third-order valence-electron chi connectivity index (χ3n) is 4.39. The van der Waals surface area contributed by atoms with Gasteiger partial charge in [0.05, 0.1) is 13.2 Å².